The molecule has 5 aromatic heterocycles. The van der Waals surface area contributed by atoms with Crippen LogP contribution in [0.1, 0.15) is 326 Å². The molecule has 1 unspecified atom stereocenters. The van der Waals surface area contributed by atoms with Crippen molar-refractivity contribution in [3.8, 4) is 0 Å². The molecule has 0 radical (unpaired) electrons. The number of hydrogen-bond acceptors (Lipinski definition) is 18. The number of allylic oxidation sites excluding steroid dienone is 1. The highest BCUT2D eigenvalue weighted by Gasteiger charge is 2.15. The van der Waals surface area contributed by atoms with Crippen molar-refractivity contribution in [1.29, 1.82) is 0 Å². The largest absolute Gasteiger partial charge is 0.466 e. The molecule has 558 valence electrons. The number of esters is 3. The Morgan fingerprint density at radius 3 is 1.16 bits per heavy atom. The van der Waals surface area contributed by atoms with Crippen molar-refractivity contribution >= 4 is 64.5 Å². The van der Waals surface area contributed by atoms with Gasteiger partial charge >= 0.3 is 17.9 Å². The number of methoxy groups -OCH3 is 2. The lowest BCUT2D eigenvalue weighted by molar-refractivity contribution is -0.145. The lowest BCUT2D eigenvalue weighted by Gasteiger charge is -2.02. The molecule has 5 rings (SSSR count). The van der Waals surface area contributed by atoms with Crippen LogP contribution in [0.3, 0.4) is 0 Å². The van der Waals surface area contributed by atoms with E-state index in [0.29, 0.717) is 66.1 Å². The summed E-state index contributed by atoms with van der Waals surface area (Å²) >= 11 is 0. The Hall–Kier alpha value is -8.02. The lowest BCUT2D eigenvalue weighted by Crippen LogP contribution is -2.08. The van der Waals surface area contributed by atoms with Crippen LogP contribution in [-0.2, 0) is 54.4 Å². The van der Waals surface area contributed by atoms with Crippen LogP contribution in [0, 0.1) is 5.92 Å². The Bertz CT molecular complexity index is 2750. The number of Topliss-reactive ketones (excluding diaryl/α,β-unsaturated/α-hetero) is 7. The first-order valence-electron chi connectivity index (χ1n) is 36.0. The first-order chi connectivity index (χ1) is 47.6. The predicted octanol–water partition coefficient (Wildman–Crippen LogP) is 22.1. The molecule has 1 atom stereocenters. The molecule has 99 heavy (non-hydrogen) atoms. The molecule has 0 saturated heterocycles. The normalized spacial score (nSPS) is 10.4. The summed E-state index contributed by atoms with van der Waals surface area (Å²) in [6.07, 6.45) is 43.9. The van der Waals surface area contributed by atoms with Crippen molar-refractivity contribution in [2.24, 2.45) is 5.92 Å². The standard InChI is InChI=1S/C13H26O.C12H24O.C10H12O2.2C9H12O2.C8H10O3.C7H8O2.C7H14O.C6H8O4/c1-3-4-5-6-7-8-9-10-11-12-13(2)14;1-3-4-5-6-7-8-9-10-11-12(2)13;1-3-10(11)8(2)7-9-5-4-6-12-9;1-3-7(2)9(10)8-5-4-6-11-8;1-2-3-5-8(10)9-6-4-7-11-9;1-2-8(9)11-6-7-4-3-5-10-7;1-2-6(8)7-4-3-5-9-7;1-3-5-7(8)6-4-2;1-9-5(7)3-4-6(8)10-2/h3-12H2,1-2H3;3-11H2,1-2H3;4-7H,3H2,1-2H3;4-7H,3H2,1-2H3;4,6-7H,2-3,5H2,1H3;3-5H,2,6H2,1H3;3-5H,2H2,1H3;3-6H2,1-2H3;3-4H,1-2H3/b;;8-7+;;;;;;4-3+. The number of ketones is 7. The van der Waals surface area contributed by atoms with Crippen LogP contribution < -0.4 is 0 Å². The van der Waals surface area contributed by atoms with Crippen molar-refractivity contribution in [3.63, 3.8) is 0 Å². The van der Waals surface area contributed by atoms with Gasteiger partial charge in [0, 0.05) is 69.4 Å². The summed E-state index contributed by atoms with van der Waals surface area (Å²) < 4.78 is 38.0. The van der Waals surface area contributed by atoms with E-state index in [-0.39, 0.29) is 41.6 Å². The van der Waals surface area contributed by atoms with Crippen LogP contribution in [-0.4, -0.2) is 72.6 Å². The Morgan fingerprint density at radius 2 is 0.818 bits per heavy atom. The van der Waals surface area contributed by atoms with E-state index >= 15 is 0 Å². The molecule has 0 saturated carbocycles. The number of hydrogen-bond donors (Lipinski definition) is 0. The summed E-state index contributed by atoms with van der Waals surface area (Å²) in [5, 5.41) is 0. The van der Waals surface area contributed by atoms with Crippen LogP contribution in [0.15, 0.2) is 132 Å². The fourth-order valence-electron chi connectivity index (χ4n) is 8.10. The summed E-state index contributed by atoms with van der Waals surface area (Å²) in [7, 11) is 2.45. The molecular formula is C81H126O18. The minimum Gasteiger partial charge on any atom is -0.466 e. The van der Waals surface area contributed by atoms with Gasteiger partial charge in [0.15, 0.2) is 34.6 Å². The maximum atomic E-state index is 11.3. The molecule has 5 heterocycles. The molecule has 0 aromatic carbocycles. The fourth-order valence-corrected chi connectivity index (χ4v) is 8.10. The zero-order valence-electron chi connectivity index (χ0n) is 63.2. The van der Waals surface area contributed by atoms with Gasteiger partial charge in [-0.3, -0.25) is 28.8 Å². The summed E-state index contributed by atoms with van der Waals surface area (Å²) in [5.41, 5.74) is 0.743. The zero-order chi connectivity index (χ0) is 75.1. The van der Waals surface area contributed by atoms with Crippen LogP contribution >= 0.6 is 0 Å². The highest BCUT2D eigenvalue weighted by atomic mass is 16.5. The van der Waals surface area contributed by atoms with E-state index in [1.54, 1.807) is 101 Å². The van der Waals surface area contributed by atoms with Crippen molar-refractivity contribution in [1.82, 2.24) is 0 Å². The average Bonchev–Trinajstić information content (AvgIpc) is 1.92. The fraction of sp³-hybridized carbons (Fsp3) is 0.580. The Labute approximate surface area is 594 Å². The van der Waals surface area contributed by atoms with Gasteiger partial charge in [0.2, 0.25) is 5.78 Å². The zero-order valence-corrected chi connectivity index (χ0v) is 63.2. The van der Waals surface area contributed by atoms with Crippen LogP contribution in [0.25, 0.3) is 6.08 Å². The summed E-state index contributed by atoms with van der Waals surface area (Å²) in [6, 6.07) is 17.4. The third-order valence-corrected chi connectivity index (χ3v) is 14.2. The first kappa shape index (κ1) is 97.4. The van der Waals surface area contributed by atoms with Gasteiger partial charge in [-0.05, 0) is 132 Å². The number of unbranched alkanes of at least 4 members (excludes halogenated alkanes) is 16. The summed E-state index contributed by atoms with van der Waals surface area (Å²) in [4.78, 5) is 108. The maximum absolute atomic E-state index is 11.3. The van der Waals surface area contributed by atoms with E-state index in [9.17, 15) is 47.9 Å². The molecule has 0 aliphatic rings. The second-order valence-electron chi connectivity index (χ2n) is 23.2. The molecular weight excluding hydrogens is 1260 g/mol. The molecule has 0 aliphatic carbocycles. The molecule has 0 bridgehead atoms. The summed E-state index contributed by atoms with van der Waals surface area (Å²) in [5.74, 6) is 3.03. The molecule has 0 fully saturated rings. The van der Waals surface area contributed by atoms with Crippen molar-refractivity contribution < 1.29 is 84.2 Å². The predicted molar refractivity (Wildman–Crippen MR) is 393 cm³/mol. The van der Waals surface area contributed by atoms with Crippen LogP contribution in [0.2, 0.25) is 0 Å². The molecule has 0 amide bonds. The Kier molecular flexibility index (Phi) is 70.1. The minimum atomic E-state index is -0.578. The van der Waals surface area contributed by atoms with E-state index in [2.05, 4.69) is 30.2 Å². The molecule has 0 aliphatic heterocycles. The smallest absolute Gasteiger partial charge is 0.330 e. The number of carbonyl (C=O) groups is 10. The van der Waals surface area contributed by atoms with E-state index in [0.717, 1.165) is 94.1 Å². The number of carbonyl (C=O) groups excluding carboxylic acids is 10. The highest BCUT2D eigenvalue weighted by molar-refractivity contribution is 5.98. The van der Waals surface area contributed by atoms with Gasteiger partial charge in [-0.2, -0.15) is 0 Å². The van der Waals surface area contributed by atoms with Gasteiger partial charge in [0.1, 0.15) is 35.5 Å². The first-order valence-corrected chi connectivity index (χ1v) is 36.0. The van der Waals surface area contributed by atoms with Crippen LogP contribution in [0.4, 0.5) is 0 Å². The quantitative estimate of drug-likeness (QED) is 0.0116. The third-order valence-electron chi connectivity index (χ3n) is 14.2. The number of furan rings is 5. The third kappa shape index (κ3) is 64.4. The Balaban J connectivity index is -0.000000515. The highest BCUT2D eigenvalue weighted by Crippen LogP contribution is 2.14. The molecule has 5 aromatic rings. The van der Waals surface area contributed by atoms with Crippen molar-refractivity contribution in [2.45, 2.75) is 289 Å². The van der Waals surface area contributed by atoms with Gasteiger partial charge in [0.05, 0.1) is 45.5 Å². The lowest BCUT2D eigenvalue weighted by atomic mass is 10.0. The van der Waals surface area contributed by atoms with Crippen molar-refractivity contribution in [3.05, 3.63) is 139 Å². The summed E-state index contributed by atoms with van der Waals surface area (Å²) in [6.45, 7) is 25.3. The van der Waals surface area contributed by atoms with E-state index in [1.807, 2.05) is 47.6 Å². The van der Waals surface area contributed by atoms with Gasteiger partial charge in [-0.15, -0.1) is 0 Å². The SMILES string of the molecule is CCC(=O)/C(C)=C/c1ccco1.CCC(=O)OCc1ccco1.CCC(=O)c1ccco1.CCC(C)C(=O)c1ccco1.CCCC(=O)CCC.CCCCC(=O)c1ccco1.CCCCCCCCCCC(C)=O.CCCCCCCCCCCC(C)=O.COC(=O)/C=C/C(=O)OC. The molecule has 18 nitrogen and oxygen atoms in total. The molecule has 0 N–H and O–H groups in total. The average molecular weight is 1390 g/mol. The molecule has 18 heteroatoms. The second kappa shape index (κ2) is 71.3. The minimum absolute atomic E-state index is 0.0556. The van der Waals surface area contributed by atoms with E-state index in [4.69, 9.17) is 26.8 Å². The number of rotatable bonds is 40. The second-order valence-corrected chi connectivity index (χ2v) is 23.2. The van der Waals surface area contributed by atoms with Crippen LogP contribution in [0.5, 0.6) is 0 Å². The van der Waals surface area contributed by atoms with Gasteiger partial charge in [0.25, 0.3) is 0 Å². The van der Waals surface area contributed by atoms with Gasteiger partial charge in [-0.25, -0.2) is 9.59 Å². The molecule has 0 spiro atoms. The maximum Gasteiger partial charge on any atom is 0.330 e. The van der Waals surface area contributed by atoms with E-state index in [1.165, 1.54) is 129 Å². The topological polar surface area (TPSA) is 264 Å². The monoisotopic (exact) mass is 1390 g/mol. The van der Waals surface area contributed by atoms with Gasteiger partial charge < -0.3 is 45.9 Å². The van der Waals surface area contributed by atoms with Gasteiger partial charge in [-0.1, -0.05) is 172 Å². The number of ether oxygens (including phenoxy) is 3. The van der Waals surface area contributed by atoms with E-state index < -0.39 is 11.9 Å². The van der Waals surface area contributed by atoms with Crippen molar-refractivity contribution in [2.75, 3.05) is 14.2 Å². The Morgan fingerprint density at radius 1 is 0.414 bits per heavy atom.